The van der Waals surface area contributed by atoms with Gasteiger partial charge in [-0.15, -0.1) is 0 Å². The SMILES string of the molecule is COC(=O)CC/C(C)=C/Cc1c(OC)c(C)c2c(c1OC(=O)CCCCCCCCCC(C)C(=O)OC(COC(C)=O)COC(C)=O)C(=O)OC2. The van der Waals surface area contributed by atoms with Crippen molar-refractivity contribution in [3.8, 4) is 11.5 Å². The first-order chi connectivity index (χ1) is 24.3. The van der Waals surface area contributed by atoms with E-state index in [2.05, 4.69) is 0 Å². The van der Waals surface area contributed by atoms with Gasteiger partial charge >= 0.3 is 35.8 Å². The monoisotopic (exact) mass is 718 g/mol. The summed E-state index contributed by atoms with van der Waals surface area (Å²) >= 11 is 0. The van der Waals surface area contributed by atoms with Crippen molar-refractivity contribution in [3.63, 3.8) is 0 Å². The molecule has 0 radical (unpaired) electrons. The van der Waals surface area contributed by atoms with E-state index in [1.165, 1.54) is 28.1 Å². The molecule has 0 amide bonds. The van der Waals surface area contributed by atoms with Crippen LogP contribution < -0.4 is 9.47 Å². The summed E-state index contributed by atoms with van der Waals surface area (Å²) in [4.78, 5) is 72.1. The molecule has 0 saturated heterocycles. The van der Waals surface area contributed by atoms with Crippen molar-refractivity contribution in [2.75, 3.05) is 27.4 Å². The summed E-state index contributed by atoms with van der Waals surface area (Å²) in [5, 5.41) is 0. The average Bonchev–Trinajstić information content (AvgIpc) is 3.48. The minimum atomic E-state index is -0.860. The van der Waals surface area contributed by atoms with Crippen LogP contribution in [0.5, 0.6) is 11.5 Å². The molecule has 2 rings (SSSR count). The number of benzene rings is 1. The molecule has 13 heteroatoms. The number of hydrogen-bond acceptors (Lipinski definition) is 13. The molecule has 0 bridgehead atoms. The number of ether oxygens (including phenoxy) is 7. The van der Waals surface area contributed by atoms with Gasteiger partial charge in [0.15, 0.2) is 11.9 Å². The fraction of sp³-hybridized carbons (Fsp3) is 0.632. The normalized spacial score (nSPS) is 12.9. The van der Waals surface area contributed by atoms with Gasteiger partial charge in [0.25, 0.3) is 0 Å². The second kappa shape index (κ2) is 22.4. The molecule has 0 saturated carbocycles. The topological polar surface area (TPSA) is 167 Å². The average molecular weight is 719 g/mol. The number of cyclic esters (lactones) is 1. The minimum absolute atomic E-state index is 0.0773. The largest absolute Gasteiger partial charge is 0.496 e. The Kier molecular flexibility index (Phi) is 18.8. The summed E-state index contributed by atoms with van der Waals surface area (Å²) < 4.78 is 36.8. The number of carbonyl (C=O) groups is 6. The quantitative estimate of drug-likeness (QED) is 0.0413. The van der Waals surface area contributed by atoms with Gasteiger partial charge in [0.2, 0.25) is 0 Å². The van der Waals surface area contributed by atoms with Gasteiger partial charge in [-0.3, -0.25) is 24.0 Å². The van der Waals surface area contributed by atoms with E-state index in [-0.39, 0.29) is 55.9 Å². The van der Waals surface area contributed by atoms with Crippen LogP contribution in [0.3, 0.4) is 0 Å². The zero-order valence-corrected chi connectivity index (χ0v) is 31.1. The Balaban J connectivity index is 1.82. The first kappa shape index (κ1) is 42.7. The van der Waals surface area contributed by atoms with Crippen LogP contribution >= 0.6 is 0 Å². The summed E-state index contributed by atoms with van der Waals surface area (Å²) in [6.45, 7) is 7.71. The molecule has 1 aromatic carbocycles. The van der Waals surface area contributed by atoms with E-state index in [1.807, 2.05) is 19.9 Å². The first-order valence-corrected chi connectivity index (χ1v) is 17.6. The highest BCUT2D eigenvalue weighted by atomic mass is 16.6. The van der Waals surface area contributed by atoms with Gasteiger partial charge in [0.1, 0.15) is 31.1 Å². The number of allylic oxidation sites excluding steroid dienone is 2. The fourth-order valence-corrected chi connectivity index (χ4v) is 5.61. The van der Waals surface area contributed by atoms with Gasteiger partial charge in [-0.25, -0.2) is 4.79 Å². The van der Waals surface area contributed by atoms with E-state index >= 15 is 0 Å². The fourth-order valence-electron chi connectivity index (χ4n) is 5.61. The molecule has 284 valence electrons. The van der Waals surface area contributed by atoms with E-state index in [1.54, 1.807) is 6.92 Å². The zero-order chi connectivity index (χ0) is 37.9. The molecular weight excluding hydrogens is 664 g/mol. The van der Waals surface area contributed by atoms with E-state index < -0.39 is 36.0 Å². The number of esters is 6. The molecule has 51 heavy (non-hydrogen) atoms. The third kappa shape index (κ3) is 14.8. The molecule has 13 nitrogen and oxygen atoms in total. The highest BCUT2D eigenvalue weighted by Crippen LogP contribution is 2.43. The Morgan fingerprint density at radius 1 is 0.804 bits per heavy atom. The van der Waals surface area contributed by atoms with E-state index in [0.29, 0.717) is 42.6 Å². The van der Waals surface area contributed by atoms with Gasteiger partial charge in [-0.05, 0) is 45.1 Å². The molecule has 1 aliphatic rings. The smallest absolute Gasteiger partial charge is 0.342 e. The second-order valence-corrected chi connectivity index (χ2v) is 12.8. The molecule has 1 aromatic rings. The van der Waals surface area contributed by atoms with Crippen molar-refractivity contribution in [2.45, 2.75) is 124 Å². The third-order valence-corrected chi connectivity index (χ3v) is 8.60. The summed E-state index contributed by atoms with van der Waals surface area (Å²) in [5.41, 5.74) is 3.16. The van der Waals surface area contributed by atoms with Crippen molar-refractivity contribution in [3.05, 3.63) is 33.9 Å². The Morgan fingerprint density at radius 3 is 2.00 bits per heavy atom. The van der Waals surface area contributed by atoms with E-state index in [0.717, 1.165) is 49.7 Å². The van der Waals surface area contributed by atoms with Crippen molar-refractivity contribution in [1.82, 2.24) is 0 Å². The molecule has 1 aliphatic heterocycles. The minimum Gasteiger partial charge on any atom is -0.496 e. The summed E-state index contributed by atoms with van der Waals surface area (Å²) in [5.74, 6) is -2.44. The number of carbonyl (C=O) groups excluding carboxylic acids is 6. The molecule has 0 aromatic heterocycles. The lowest BCUT2D eigenvalue weighted by Crippen LogP contribution is -2.32. The Morgan fingerprint density at radius 2 is 1.41 bits per heavy atom. The molecule has 1 heterocycles. The molecule has 1 atom stereocenters. The number of methoxy groups -OCH3 is 2. The van der Waals surface area contributed by atoms with Crippen LogP contribution in [0.4, 0.5) is 0 Å². The Hall–Kier alpha value is -4.42. The maximum Gasteiger partial charge on any atom is 0.342 e. The number of rotatable bonds is 23. The van der Waals surface area contributed by atoms with Gasteiger partial charge < -0.3 is 33.2 Å². The van der Waals surface area contributed by atoms with Crippen LogP contribution in [0.25, 0.3) is 0 Å². The predicted octanol–water partition coefficient (Wildman–Crippen LogP) is 6.21. The molecule has 0 N–H and O–H groups in total. The number of unbranched alkanes of at least 4 members (excludes halogenated alkanes) is 6. The van der Waals surface area contributed by atoms with Crippen LogP contribution in [-0.2, 0) is 60.7 Å². The molecule has 0 spiro atoms. The van der Waals surface area contributed by atoms with E-state index in [9.17, 15) is 28.8 Å². The first-order valence-electron chi connectivity index (χ1n) is 17.6. The van der Waals surface area contributed by atoms with Crippen LogP contribution in [0.15, 0.2) is 11.6 Å². The van der Waals surface area contributed by atoms with Gasteiger partial charge in [0.05, 0.1) is 20.1 Å². The lowest BCUT2D eigenvalue weighted by atomic mass is 9.94. The molecule has 0 aliphatic carbocycles. The number of fused-ring (bicyclic) bond motifs is 1. The van der Waals surface area contributed by atoms with Crippen molar-refractivity contribution in [1.29, 1.82) is 0 Å². The van der Waals surface area contributed by atoms with Crippen molar-refractivity contribution < 1.29 is 61.9 Å². The Labute approximate surface area is 300 Å². The van der Waals surface area contributed by atoms with Crippen LogP contribution in [-0.4, -0.2) is 69.4 Å². The predicted molar refractivity (Wildman–Crippen MR) is 185 cm³/mol. The van der Waals surface area contributed by atoms with Gasteiger partial charge in [-0.2, -0.15) is 0 Å². The second-order valence-electron chi connectivity index (χ2n) is 12.8. The summed E-state index contributed by atoms with van der Waals surface area (Å²) in [7, 11) is 2.88. The van der Waals surface area contributed by atoms with E-state index in [4.69, 9.17) is 33.2 Å². The number of hydrogen-bond donors (Lipinski definition) is 0. The highest BCUT2D eigenvalue weighted by Gasteiger charge is 2.34. The standard InChI is InChI=1S/C38H54O13/c1-24(18-20-32(41)45-6)17-19-30-35(46-7)26(3)31-23-49-38(44)34(31)36(30)51-33(42)16-14-12-10-8-9-11-13-15-25(2)37(43)50-29(21-47-27(4)39)22-48-28(5)40/h17,25,29H,8-16,18-23H2,1-7H3/b24-17+. The Bertz CT molecular complexity index is 1390. The lowest BCUT2D eigenvalue weighted by Gasteiger charge is -2.19. The van der Waals surface area contributed by atoms with Crippen molar-refractivity contribution >= 4 is 35.8 Å². The summed E-state index contributed by atoms with van der Waals surface area (Å²) in [6, 6.07) is 0. The van der Waals surface area contributed by atoms with Crippen molar-refractivity contribution in [2.24, 2.45) is 5.92 Å². The summed E-state index contributed by atoms with van der Waals surface area (Å²) in [6.07, 6.45) is 9.04. The van der Waals surface area contributed by atoms with Crippen LogP contribution in [0.2, 0.25) is 0 Å². The zero-order valence-electron chi connectivity index (χ0n) is 31.1. The maximum absolute atomic E-state index is 13.0. The highest BCUT2D eigenvalue weighted by molar-refractivity contribution is 5.99. The van der Waals surface area contributed by atoms with Gasteiger partial charge in [-0.1, -0.05) is 57.1 Å². The van der Waals surface area contributed by atoms with Crippen LogP contribution in [0, 0.1) is 12.8 Å². The molecular formula is C38H54O13. The van der Waals surface area contributed by atoms with Gasteiger partial charge in [0, 0.05) is 37.8 Å². The molecule has 0 fully saturated rings. The van der Waals surface area contributed by atoms with Crippen LogP contribution in [0.1, 0.15) is 125 Å². The maximum atomic E-state index is 13.0. The molecule has 1 unspecified atom stereocenters. The third-order valence-electron chi connectivity index (χ3n) is 8.60. The lowest BCUT2D eigenvalue weighted by molar-refractivity contribution is -0.168.